The van der Waals surface area contributed by atoms with E-state index in [0.29, 0.717) is 13.2 Å². The van der Waals surface area contributed by atoms with Crippen molar-refractivity contribution >= 4 is 5.78 Å². The molecule has 0 N–H and O–H groups in total. The van der Waals surface area contributed by atoms with Gasteiger partial charge in [-0.1, -0.05) is 27.7 Å². The lowest BCUT2D eigenvalue weighted by atomic mass is 9.86. The Labute approximate surface area is 93.1 Å². The van der Waals surface area contributed by atoms with Gasteiger partial charge >= 0.3 is 0 Å². The highest BCUT2D eigenvalue weighted by atomic mass is 16.5. The number of ether oxygens (including phenoxy) is 2. The molecule has 0 radical (unpaired) electrons. The summed E-state index contributed by atoms with van der Waals surface area (Å²) in [6, 6.07) is 0. The van der Waals surface area contributed by atoms with Crippen molar-refractivity contribution in [1.29, 1.82) is 0 Å². The third-order valence-electron chi connectivity index (χ3n) is 2.01. The number of Topliss-reactive ketones (excluding diaryl/α,β-unsaturated/α-hetero) is 1. The molecule has 0 saturated heterocycles. The second-order valence-electron chi connectivity index (χ2n) is 4.72. The van der Waals surface area contributed by atoms with Crippen LogP contribution in [0.25, 0.3) is 0 Å². The second-order valence-corrected chi connectivity index (χ2v) is 4.72. The van der Waals surface area contributed by atoms with E-state index in [1.807, 2.05) is 34.6 Å². The second kappa shape index (κ2) is 6.96. The SMILES string of the molecule is CCCOCC(=O)C(OCC)C(C)(C)C. The van der Waals surface area contributed by atoms with Gasteiger partial charge in [0.25, 0.3) is 0 Å². The molecule has 0 spiro atoms. The fourth-order valence-electron chi connectivity index (χ4n) is 1.39. The Morgan fingerprint density at radius 2 is 1.87 bits per heavy atom. The predicted molar refractivity (Wildman–Crippen MR) is 61.0 cm³/mol. The van der Waals surface area contributed by atoms with Gasteiger partial charge in [0, 0.05) is 13.2 Å². The molecule has 0 aliphatic heterocycles. The summed E-state index contributed by atoms with van der Waals surface area (Å²) >= 11 is 0. The van der Waals surface area contributed by atoms with Gasteiger partial charge in [-0.25, -0.2) is 0 Å². The van der Waals surface area contributed by atoms with E-state index in [2.05, 4.69) is 0 Å². The lowest BCUT2D eigenvalue weighted by molar-refractivity contribution is -0.142. The molecule has 1 atom stereocenters. The van der Waals surface area contributed by atoms with Crippen molar-refractivity contribution in [2.45, 2.75) is 47.1 Å². The smallest absolute Gasteiger partial charge is 0.187 e. The standard InChI is InChI=1S/C12H24O3/c1-6-8-14-9-10(13)11(15-7-2)12(3,4)5/h11H,6-9H2,1-5H3. The molecule has 0 heterocycles. The maximum Gasteiger partial charge on any atom is 0.187 e. The van der Waals surface area contributed by atoms with Gasteiger partial charge in [-0.05, 0) is 18.8 Å². The Hall–Kier alpha value is -0.410. The Morgan fingerprint density at radius 3 is 2.27 bits per heavy atom. The normalized spacial score (nSPS) is 13.9. The zero-order valence-electron chi connectivity index (χ0n) is 10.6. The minimum atomic E-state index is -0.362. The van der Waals surface area contributed by atoms with Crippen LogP contribution in [-0.2, 0) is 14.3 Å². The number of carbonyl (C=O) groups excluding carboxylic acids is 1. The Bertz CT molecular complexity index is 182. The third kappa shape index (κ3) is 5.90. The van der Waals surface area contributed by atoms with Crippen molar-refractivity contribution in [3.8, 4) is 0 Å². The summed E-state index contributed by atoms with van der Waals surface area (Å²) < 4.78 is 10.7. The van der Waals surface area contributed by atoms with Crippen LogP contribution >= 0.6 is 0 Å². The number of ketones is 1. The highest BCUT2D eigenvalue weighted by molar-refractivity contribution is 5.85. The van der Waals surface area contributed by atoms with Crippen LogP contribution in [0.2, 0.25) is 0 Å². The maximum absolute atomic E-state index is 11.8. The lowest BCUT2D eigenvalue weighted by Crippen LogP contribution is -2.39. The first kappa shape index (κ1) is 14.6. The van der Waals surface area contributed by atoms with Gasteiger partial charge in [0.2, 0.25) is 0 Å². The number of rotatable bonds is 7. The van der Waals surface area contributed by atoms with Crippen LogP contribution in [0.5, 0.6) is 0 Å². The zero-order chi connectivity index (χ0) is 11.9. The molecule has 90 valence electrons. The summed E-state index contributed by atoms with van der Waals surface area (Å²) in [4.78, 5) is 11.8. The summed E-state index contributed by atoms with van der Waals surface area (Å²) in [7, 11) is 0. The van der Waals surface area contributed by atoms with E-state index >= 15 is 0 Å². The monoisotopic (exact) mass is 216 g/mol. The van der Waals surface area contributed by atoms with E-state index in [1.54, 1.807) is 0 Å². The molecular weight excluding hydrogens is 192 g/mol. The van der Waals surface area contributed by atoms with Crippen LogP contribution < -0.4 is 0 Å². The first-order chi connectivity index (χ1) is 6.93. The van der Waals surface area contributed by atoms with E-state index in [-0.39, 0.29) is 23.9 Å². The van der Waals surface area contributed by atoms with Gasteiger partial charge in [0.15, 0.2) is 5.78 Å². The van der Waals surface area contributed by atoms with Crippen LogP contribution in [-0.4, -0.2) is 31.7 Å². The molecule has 0 rings (SSSR count). The van der Waals surface area contributed by atoms with Crippen molar-refractivity contribution in [3.63, 3.8) is 0 Å². The topological polar surface area (TPSA) is 35.5 Å². The average Bonchev–Trinajstić information content (AvgIpc) is 2.12. The van der Waals surface area contributed by atoms with E-state index in [1.165, 1.54) is 0 Å². The third-order valence-corrected chi connectivity index (χ3v) is 2.01. The summed E-state index contributed by atoms with van der Waals surface area (Å²) in [5, 5.41) is 0. The average molecular weight is 216 g/mol. The molecule has 0 bridgehead atoms. The minimum Gasteiger partial charge on any atom is -0.374 e. The van der Waals surface area contributed by atoms with Crippen LogP contribution in [0.1, 0.15) is 41.0 Å². The summed E-state index contributed by atoms with van der Waals surface area (Å²) in [5.41, 5.74) is -0.164. The number of hydrogen-bond acceptors (Lipinski definition) is 3. The zero-order valence-corrected chi connectivity index (χ0v) is 10.6. The number of carbonyl (C=O) groups is 1. The predicted octanol–water partition coefficient (Wildman–Crippen LogP) is 2.43. The minimum absolute atomic E-state index is 0.0396. The fraction of sp³-hybridized carbons (Fsp3) is 0.917. The van der Waals surface area contributed by atoms with Gasteiger partial charge in [-0.2, -0.15) is 0 Å². The Morgan fingerprint density at radius 1 is 1.27 bits per heavy atom. The molecule has 3 heteroatoms. The molecule has 0 aliphatic carbocycles. The molecule has 1 unspecified atom stereocenters. The molecule has 0 amide bonds. The highest BCUT2D eigenvalue weighted by Gasteiger charge is 2.31. The Kier molecular flexibility index (Phi) is 6.77. The van der Waals surface area contributed by atoms with E-state index < -0.39 is 0 Å². The van der Waals surface area contributed by atoms with Crippen molar-refractivity contribution in [1.82, 2.24) is 0 Å². The highest BCUT2D eigenvalue weighted by Crippen LogP contribution is 2.23. The maximum atomic E-state index is 11.8. The summed E-state index contributed by atoms with van der Waals surface area (Å²) in [5.74, 6) is 0.0396. The molecule has 0 fully saturated rings. The van der Waals surface area contributed by atoms with Gasteiger partial charge in [-0.15, -0.1) is 0 Å². The van der Waals surface area contributed by atoms with Gasteiger partial charge in [0.1, 0.15) is 12.7 Å². The molecule has 15 heavy (non-hydrogen) atoms. The van der Waals surface area contributed by atoms with Gasteiger partial charge in [-0.3, -0.25) is 4.79 Å². The van der Waals surface area contributed by atoms with Crippen molar-refractivity contribution < 1.29 is 14.3 Å². The quantitative estimate of drug-likeness (QED) is 0.613. The van der Waals surface area contributed by atoms with Crippen LogP contribution in [0, 0.1) is 5.41 Å². The van der Waals surface area contributed by atoms with E-state index in [0.717, 1.165) is 6.42 Å². The van der Waals surface area contributed by atoms with Crippen LogP contribution in [0.4, 0.5) is 0 Å². The molecule has 0 saturated carbocycles. The van der Waals surface area contributed by atoms with Crippen molar-refractivity contribution in [2.24, 2.45) is 5.41 Å². The molecule has 0 aromatic heterocycles. The van der Waals surface area contributed by atoms with E-state index in [4.69, 9.17) is 9.47 Å². The largest absolute Gasteiger partial charge is 0.374 e. The summed E-state index contributed by atoms with van der Waals surface area (Å²) in [6.07, 6.45) is 0.571. The first-order valence-electron chi connectivity index (χ1n) is 5.65. The summed E-state index contributed by atoms with van der Waals surface area (Å²) in [6.45, 7) is 11.3. The van der Waals surface area contributed by atoms with Gasteiger partial charge in [0.05, 0.1) is 0 Å². The lowest BCUT2D eigenvalue weighted by Gasteiger charge is -2.28. The van der Waals surface area contributed by atoms with Crippen molar-refractivity contribution in [2.75, 3.05) is 19.8 Å². The van der Waals surface area contributed by atoms with Gasteiger partial charge < -0.3 is 9.47 Å². The molecule has 0 aliphatic rings. The van der Waals surface area contributed by atoms with Crippen LogP contribution in [0.15, 0.2) is 0 Å². The first-order valence-corrected chi connectivity index (χ1v) is 5.65. The molecule has 0 aromatic rings. The van der Waals surface area contributed by atoms with Crippen molar-refractivity contribution in [3.05, 3.63) is 0 Å². The fourth-order valence-corrected chi connectivity index (χ4v) is 1.39. The Balaban J connectivity index is 4.18. The molecule has 0 aromatic carbocycles. The van der Waals surface area contributed by atoms with Crippen LogP contribution in [0.3, 0.4) is 0 Å². The molecule has 3 nitrogen and oxygen atoms in total. The molecular formula is C12H24O3. The van der Waals surface area contributed by atoms with E-state index in [9.17, 15) is 4.79 Å². The number of hydrogen-bond donors (Lipinski definition) is 0.